The Morgan fingerprint density at radius 3 is 2.59 bits per heavy atom. The molecule has 1 N–H and O–H groups in total. The van der Waals surface area contributed by atoms with Crippen molar-refractivity contribution in [2.45, 2.75) is 76.7 Å². The molecule has 0 aromatic carbocycles. The molecular formula is C35H39BN8. The fraction of sp³-hybridized carbons (Fsp3) is 0.457. The van der Waals surface area contributed by atoms with Gasteiger partial charge in [-0.2, -0.15) is 15.6 Å². The van der Waals surface area contributed by atoms with Crippen molar-refractivity contribution in [2.24, 2.45) is 5.41 Å². The molecule has 1 saturated heterocycles. The standard InChI is InChI=1S/C35H39BN8/c1-3-32-31(36)15-26(18-40-32)27-14-29(39-2)22-43(21-27)33-8-7-25(17-41-33)30-13-24(20-44-34(30)28(16-37)19-42-44)9-12-35(23-38)10-5-4-6-11-35/h7-8,13,15,17-20,27,29,39H,3-6,9-12,14,21-22H2,1-2H3. The second-order valence-electron chi connectivity index (χ2n) is 12.6. The number of hydrogen-bond donors (Lipinski definition) is 1. The van der Waals surface area contributed by atoms with Crippen LogP contribution in [0.25, 0.3) is 16.6 Å². The molecule has 1 saturated carbocycles. The topological polar surface area (TPSA) is 106 Å². The van der Waals surface area contributed by atoms with E-state index in [0.717, 1.165) is 109 Å². The zero-order valence-corrected chi connectivity index (χ0v) is 25.8. The van der Waals surface area contributed by atoms with Crippen LogP contribution in [0.15, 0.2) is 49.1 Å². The molecule has 5 heterocycles. The van der Waals surface area contributed by atoms with E-state index in [0.29, 0.717) is 11.6 Å². The van der Waals surface area contributed by atoms with Crippen molar-refractivity contribution in [1.82, 2.24) is 24.9 Å². The summed E-state index contributed by atoms with van der Waals surface area (Å²) < 4.78 is 1.81. The quantitative estimate of drug-likeness (QED) is 0.291. The molecule has 9 heteroatoms. The average Bonchev–Trinajstić information content (AvgIpc) is 3.50. The van der Waals surface area contributed by atoms with E-state index >= 15 is 0 Å². The second kappa shape index (κ2) is 12.8. The van der Waals surface area contributed by atoms with E-state index in [-0.39, 0.29) is 11.3 Å². The van der Waals surface area contributed by atoms with Crippen LogP contribution in [0.3, 0.4) is 0 Å². The number of anilines is 1. The maximum Gasteiger partial charge on any atom is 0.128 e. The third-order valence-electron chi connectivity index (χ3n) is 9.80. The van der Waals surface area contributed by atoms with Gasteiger partial charge in [-0.15, -0.1) is 0 Å². The first kappa shape index (κ1) is 29.8. The highest BCUT2D eigenvalue weighted by Crippen LogP contribution is 2.40. The van der Waals surface area contributed by atoms with Crippen LogP contribution in [0, 0.1) is 28.1 Å². The molecule has 6 rings (SSSR count). The Labute approximate surface area is 261 Å². The van der Waals surface area contributed by atoms with E-state index in [1.165, 1.54) is 6.42 Å². The van der Waals surface area contributed by atoms with Gasteiger partial charge in [0, 0.05) is 60.5 Å². The Hall–Kier alpha value is -4.21. The molecule has 8 nitrogen and oxygen atoms in total. The Kier molecular flexibility index (Phi) is 8.68. The van der Waals surface area contributed by atoms with Gasteiger partial charge in [0.15, 0.2) is 0 Å². The summed E-state index contributed by atoms with van der Waals surface area (Å²) in [7, 11) is 8.32. The molecule has 4 aromatic rings. The molecule has 2 aliphatic rings. The first-order chi connectivity index (χ1) is 21.5. The van der Waals surface area contributed by atoms with Crippen LogP contribution in [0.5, 0.6) is 0 Å². The number of aromatic nitrogens is 4. The molecule has 0 spiro atoms. The number of hydrogen-bond acceptors (Lipinski definition) is 7. The maximum atomic E-state index is 10.0. The number of nitriles is 2. The van der Waals surface area contributed by atoms with Crippen molar-refractivity contribution < 1.29 is 0 Å². The predicted octanol–water partition coefficient (Wildman–Crippen LogP) is 5.01. The molecule has 2 radical (unpaired) electrons. The molecule has 2 unspecified atom stereocenters. The molecule has 1 aliphatic carbocycles. The zero-order chi connectivity index (χ0) is 30.7. The van der Waals surface area contributed by atoms with Gasteiger partial charge in [0.2, 0.25) is 0 Å². The van der Waals surface area contributed by atoms with Gasteiger partial charge >= 0.3 is 0 Å². The second-order valence-corrected chi connectivity index (χ2v) is 12.6. The highest BCUT2D eigenvalue weighted by molar-refractivity contribution is 6.33. The van der Waals surface area contributed by atoms with Gasteiger partial charge < -0.3 is 10.2 Å². The van der Waals surface area contributed by atoms with Gasteiger partial charge in [-0.1, -0.05) is 37.7 Å². The number of aryl methyl sites for hydroxylation is 2. The number of fused-ring (bicyclic) bond motifs is 1. The molecule has 0 bridgehead atoms. The maximum absolute atomic E-state index is 10.0. The third kappa shape index (κ3) is 5.94. The van der Waals surface area contributed by atoms with E-state index in [1.807, 2.05) is 30.2 Å². The van der Waals surface area contributed by atoms with Crippen LogP contribution < -0.4 is 15.7 Å². The van der Waals surface area contributed by atoms with Gasteiger partial charge in [0.1, 0.15) is 19.7 Å². The van der Waals surface area contributed by atoms with Crippen LogP contribution in [0.1, 0.15) is 80.2 Å². The number of rotatable bonds is 8. The van der Waals surface area contributed by atoms with Crippen LogP contribution in [-0.2, 0) is 12.8 Å². The molecule has 44 heavy (non-hydrogen) atoms. The first-order valence-electron chi connectivity index (χ1n) is 15.9. The minimum absolute atomic E-state index is 0.240. The number of piperidine rings is 1. The van der Waals surface area contributed by atoms with Gasteiger partial charge in [0.25, 0.3) is 0 Å². The summed E-state index contributed by atoms with van der Waals surface area (Å²) in [5.41, 5.74) is 6.94. The van der Waals surface area contributed by atoms with Crippen LogP contribution >= 0.6 is 0 Å². The smallest absolute Gasteiger partial charge is 0.128 e. The highest BCUT2D eigenvalue weighted by Gasteiger charge is 2.32. The van der Waals surface area contributed by atoms with Crippen molar-refractivity contribution in [3.8, 4) is 23.3 Å². The first-order valence-corrected chi connectivity index (χ1v) is 15.9. The van der Waals surface area contributed by atoms with Crippen molar-refractivity contribution >= 4 is 24.6 Å². The SMILES string of the molecule is [B]c1cc(C2CC(NC)CN(c3ccc(-c4cc(CCC5(C#N)CCCCC5)cn5ncc(C#N)c45)cn3)C2)cnc1CC. The fourth-order valence-corrected chi connectivity index (χ4v) is 7.16. The fourth-order valence-electron chi connectivity index (χ4n) is 7.16. The Balaban J connectivity index is 1.28. The predicted molar refractivity (Wildman–Crippen MR) is 174 cm³/mol. The van der Waals surface area contributed by atoms with Gasteiger partial charge in [-0.25, -0.2) is 9.50 Å². The molecule has 222 valence electrons. The zero-order valence-electron chi connectivity index (χ0n) is 25.8. The number of likely N-dealkylation sites (N-methyl/N-ethyl adjacent to an activating group) is 1. The van der Waals surface area contributed by atoms with Gasteiger partial charge in [-0.3, -0.25) is 4.98 Å². The van der Waals surface area contributed by atoms with Crippen LogP contribution in [-0.4, -0.2) is 53.6 Å². The monoisotopic (exact) mass is 582 g/mol. The third-order valence-corrected chi connectivity index (χ3v) is 9.80. The summed E-state index contributed by atoms with van der Waals surface area (Å²) in [6.45, 7) is 3.76. The molecule has 0 amide bonds. The Bertz CT molecular complexity index is 1710. The van der Waals surface area contributed by atoms with Crippen molar-refractivity contribution in [1.29, 1.82) is 10.5 Å². The van der Waals surface area contributed by atoms with Crippen molar-refractivity contribution in [3.05, 3.63) is 71.4 Å². The largest absolute Gasteiger partial charge is 0.354 e. The molecule has 2 fully saturated rings. The normalized spacial score (nSPS) is 19.9. The summed E-state index contributed by atoms with van der Waals surface area (Å²) in [6.07, 6.45) is 16.4. The molecule has 4 aromatic heterocycles. The summed E-state index contributed by atoms with van der Waals surface area (Å²) in [5, 5.41) is 27.8. The van der Waals surface area contributed by atoms with Crippen molar-refractivity contribution in [2.75, 3.05) is 25.0 Å². The lowest BCUT2D eigenvalue weighted by molar-refractivity contribution is 0.249. The summed E-state index contributed by atoms with van der Waals surface area (Å²) in [6, 6.07) is 13.7. The van der Waals surface area contributed by atoms with Gasteiger partial charge in [-0.05, 0) is 74.9 Å². The lowest BCUT2D eigenvalue weighted by Gasteiger charge is -2.38. The lowest BCUT2D eigenvalue weighted by atomic mass is 9.72. The molecular weight excluding hydrogens is 543 g/mol. The number of nitrogens with one attached hydrogen (secondary N) is 1. The summed E-state index contributed by atoms with van der Waals surface area (Å²) in [4.78, 5) is 11.9. The summed E-state index contributed by atoms with van der Waals surface area (Å²) in [5.74, 6) is 1.20. The Morgan fingerprint density at radius 1 is 1.07 bits per heavy atom. The van der Waals surface area contributed by atoms with E-state index in [9.17, 15) is 10.5 Å². The van der Waals surface area contributed by atoms with E-state index in [2.05, 4.69) is 63.6 Å². The molecule has 2 atom stereocenters. The number of nitrogens with zero attached hydrogens (tertiary/aromatic N) is 7. The minimum Gasteiger partial charge on any atom is -0.354 e. The highest BCUT2D eigenvalue weighted by atomic mass is 15.2. The van der Waals surface area contributed by atoms with E-state index in [4.69, 9.17) is 12.8 Å². The van der Waals surface area contributed by atoms with E-state index in [1.54, 1.807) is 6.20 Å². The summed E-state index contributed by atoms with van der Waals surface area (Å²) >= 11 is 0. The van der Waals surface area contributed by atoms with Crippen molar-refractivity contribution in [3.63, 3.8) is 0 Å². The average molecular weight is 583 g/mol. The molecule has 1 aliphatic heterocycles. The van der Waals surface area contributed by atoms with E-state index < -0.39 is 0 Å². The minimum atomic E-state index is -0.240. The Morgan fingerprint density at radius 2 is 1.91 bits per heavy atom. The number of pyridine rings is 3. The van der Waals surface area contributed by atoms with Crippen LogP contribution in [0.2, 0.25) is 0 Å². The van der Waals surface area contributed by atoms with Crippen LogP contribution in [0.4, 0.5) is 5.82 Å². The van der Waals surface area contributed by atoms with Gasteiger partial charge in [0.05, 0.1) is 28.8 Å². The lowest BCUT2D eigenvalue weighted by Crippen LogP contribution is -2.48.